The second-order valence-corrected chi connectivity index (χ2v) is 6.79. The van der Waals surface area contributed by atoms with Crippen LogP contribution in [0, 0.1) is 6.92 Å². The molecule has 0 aliphatic rings. The fraction of sp³-hybridized carbons (Fsp3) is 0.154. The van der Waals surface area contributed by atoms with E-state index in [1.165, 1.54) is 31.5 Å². The van der Waals surface area contributed by atoms with E-state index in [4.69, 9.17) is 0 Å². The lowest BCUT2D eigenvalue weighted by Crippen LogP contribution is -2.19. The molecule has 20 heavy (non-hydrogen) atoms. The largest absolute Gasteiger partial charge is 0.464 e. The summed E-state index contributed by atoms with van der Waals surface area (Å²) < 4.78 is 31.0. The van der Waals surface area contributed by atoms with Gasteiger partial charge in [-0.15, -0.1) is 0 Å². The minimum absolute atomic E-state index is 0.0620. The number of rotatable bonds is 3. The molecule has 0 saturated carbocycles. The monoisotopic (exact) mass is 357 g/mol. The van der Waals surface area contributed by atoms with Crippen LogP contribution in [0.1, 0.15) is 16.1 Å². The Hall–Kier alpha value is -1.60. The van der Waals surface area contributed by atoms with Crippen molar-refractivity contribution in [2.45, 2.75) is 11.8 Å². The number of hydrogen-bond donors (Lipinski definition) is 0. The normalized spacial score (nSPS) is 11.3. The Morgan fingerprint density at radius 1 is 1.20 bits per heavy atom. The van der Waals surface area contributed by atoms with Gasteiger partial charge >= 0.3 is 5.97 Å². The van der Waals surface area contributed by atoms with Crippen molar-refractivity contribution in [2.75, 3.05) is 7.11 Å². The molecule has 0 aliphatic carbocycles. The maximum atomic E-state index is 12.5. The molecule has 1 aromatic carbocycles. The summed E-state index contributed by atoms with van der Waals surface area (Å²) in [6, 6.07) is 7.88. The van der Waals surface area contributed by atoms with E-state index < -0.39 is 16.0 Å². The summed E-state index contributed by atoms with van der Waals surface area (Å²) in [6.07, 6.45) is 1.31. The molecule has 0 saturated heterocycles. The third-order valence-corrected chi connectivity index (χ3v) is 5.09. The van der Waals surface area contributed by atoms with Crippen LogP contribution in [0.2, 0.25) is 0 Å². The summed E-state index contributed by atoms with van der Waals surface area (Å²) in [5, 5.41) is 0. The van der Waals surface area contributed by atoms with Gasteiger partial charge in [-0.25, -0.2) is 17.2 Å². The average Bonchev–Trinajstić information content (AvgIpc) is 2.81. The highest BCUT2D eigenvalue weighted by molar-refractivity contribution is 9.10. The van der Waals surface area contributed by atoms with Crippen molar-refractivity contribution in [2.24, 2.45) is 0 Å². The molecule has 7 heteroatoms. The summed E-state index contributed by atoms with van der Waals surface area (Å²) in [5.74, 6) is -0.724. The van der Waals surface area contributed by atoms with Gasteiger partial charge in [0.05, 0.1) is 16.5 Å². The first-order valence-electron chi connectivity index (χ1n) is 5.65. The average molecular weight is 358 g/mol. The van der Waals surface area contributed by atoms with Gasteiger partial charge in [0.2, 0.25) is 0 Å². The highest BCUT2D eigenvalue weighted by Crippen LogP contribution is 2.24. The number of aromatic nitrogens is 1. The Morgan fingerprint density at radius 2 is 1.80 bits per heavy atom. The number of carbonyl (C=O) groups is 1. The Morgan fingerprint density at radius 3 is 2.35 bits per heavy atom. The van der Waals surface area contributed by atoms with Crippen LogP contribution in [0.4, 0.5) is 0 Å². The van der Waals surface area contributed by atoms with E-state index in [1.807, 2.05) is 6.92 Å². The van der Waals surface area contributed by atoms with Crippen LogP contribution in [0.5, 0.6) is 0 Å². The molecule has 0 fully saturated rings. The molecule has 0 N–H and O–H groups in total. The summed E-state index contributed by atoms with van der Waals surface area (Å²) in [7, 11) is -2.64. The smallest absolute Gasteiger partial charge is 0.356 e. The molecule has 0 atom stereocenters. The summed E-state index contributed by atoms with van der Waals surface area (Å²) in [6.45, 7) is 1.86. The first-order chi connectivity index (χ1) is 9.37. The van der Waals surface area contributed by atoms with Gasteiger partial charge in [0.15, 0.2) is 5.69 Å². The van der Waals surface area contributed by atoms with Crippen molar-refractivity contribution in [1.82, 2.24) is 3.97 Å². The standard InChI is InChI=1S/C13H12BrNO4S/c1-9-3-5-10(6-4-9)20(17,18)15-8-7-11(14)12(15)13(16)19-2/h3-8H,1-2H3. The first kappa shape index (κ1) is 14.8. The third-order valence-electron chi connectivity index (χ3n) is 2.76. The first-order valence-corrected chi connectivity index (χ1v) is 7.88. The van der Waals surface area contributed by atoms with Gasteiger partial charge in [-0.05, 0) is 41.1 Å². The number of methoxy groups -OCH3 is 1. The molecule has 0 spiro atoms. The number of hydrogen-bond acceptors (Lipinski definition) is 4. The SMILES string of the molecule is COC(=O)c1c(Br)ccn1S(=O)(=O)c1ccc(C)cc1. The fourth-order valence-electron chi connectivity index (χ4n) is 1.70. The van der Waals surface area contributed by atoms with Crippen molar-refractivity contribution in [3.05, 3.63) is 52.3 Å². The van der Waals surface area contributed by atoms with Crippen molar-refractivity contribution in [3.63, 3.8) is 0 Å². The second-order valence-electron chi connectivity index (χ2n) is 4.12. The molecule has 2 rings (SSSR count). The highest BCUT2D eigenvalue weighted by atomic mass is 79.9. The van der Waals surface area contributed by atoms with Gasteiger partial charge in [-0.3, -0.25) is 0 Å². The number of aryl methyl sites for hydroxylation is 1. The number of halogens is 1. The number of benzene rings is 1. The van der Waals surface area contributed by atoms with Crippen LogP contribution in [0.25, 0.3) is 0 Å². The van der Waals surface area contributed by atoms with Crippen molar-refractivity contribution in [1.29, 1.82) is 0 Å². The lowest BCUT2D eigenvalue weighted by atomic mass is 10.2. The Kier molecular flexibility index (Phi) is 4.01. The highest BCUT2D eigenvalue weighted by Gasteiger charge is 2.25. The molecule has 0 amide bonds. The lowest BCUT2D eigenvalue weighted by molar-refractivity contribution is 0.0591. The predicted octanol–water partition coefficient (Wildman–Crippen LogP) is 2.58. The quantitative estimate of drug-likeness (QED) is 0.791. The zero-order valence-corrected chi connectivity index (χ0v) is 13.2. The van der Waals surface area contributed by atoms with E-state index in [-0.39, 0.29) is 10.6 Å². The predicted molar refractivity (Wildman–Crippen MR) is 77.2 cm³/mol. The molecular formula is C13H12BrNO4S. The van der Waals surface area contributed by atoms with Gasteiger partial charge in [0.25, 0.3) is 10.0 Å². The number of esters is 1. The van der Waals surface area contributed by atoms with Crippen molar-refractivity contribution in [3.8, 4) is 0 Å². The summed E-state index contributed by atoms with van der Waals surface area (Å²) in [4.78, 5) is 11.8. The van der Waals surface area contributed by atoms with Gasteiger partial charge < -0.3 is 4.74 Å². The Bertz CT molecular complexity index is 747. The van der Waals surface area contributed by atoms with Crippen LogP contribution in [-0.4, -0.2) is 25.5 Å². The van der Waals surface area contributed by atoms with Crippen LogP contribution < -0.4 is 0 Å². The van der Waals surface area contributed by atoms with Gasteiger partial charge in [0, 0.05) is 6.20 Å². The van der Waals surface area contributed by atoms with Crippen molar-refractivity contribution >= 4 is 31.9 Å². The van der Waals surface area contributed by atoms with E-state index >= 15 is 0 Å². The Labute approximate surface area is 125 Å². The van der Waals surface area contributed by atoms with Crippen LogP contribution in [-0.2, 0) is 14.8 Å². The van der Waals surface area contributed by atoms with E-state index in [2.05, 4.69) is 20.7 Å². The number of nitrogens with zero attached hydrogens (tertiary/aromatic N) is 1. The maximum absolute atomic E-state index is 12.5. The second kappa shape index (κ2) is 5.41. The summed E-state index contributed by atoms with van der Waals surface area (Å²) in [5.41, 5.74) is 0.888. The van der Waals surface area contributed by atoms with E-state index in [0.717, 1.165) is 9.54 Å². The number of ether oxygens (including phenoxy) is 1. The zero-order valence-electron chi connectivity index (χ0n) is 10.8. The topological polar surface area (TPSA) is 65.4 Å². The van der Waals surface area contributed by atoms with Crippen molar-refractivity contribution < 1.29 is 17.9 Å². The Balaban J connectivity index is 2.61. The fourth-order valence-corrected chi connectivity index (χ4v) is 3.63. The van der Waals surface area contributed by atoms with Crippen LogP contribution in [0.3, 0.4) is 0 Å². The lowest BCUT2D eigenvalue weighted by Gasteiger charge is -2.10. The van der Waals surface area contributed by atoms with Gasteiger partial charge in [0.1, 0.15) is 0 Å². The molecule has 5 nitrogen and oxygen atoms in total. The zero-order chi connectivity index (χ0) is 14.9. The van der Waals surface area contributed by atoms with E-state index in [0.29, 0.717) is 4.47 Å². The molecule has 1 aromatic heterocycles. The molecule has 1 heterocycles. The molecule has 106 valence electrons. The van der Waals surface area contributed by atoms with E-state index in [9.17, 15) is 13.2 Å². The molecular weight excluding hydrogens is 346 g/mol. The van der Waals surface area contributed by atoms with E-state index in [1.54, 1.807) is 12.1 Å². The summed E-state index contributed by atoms with van der Waals surface area (Å²) >= 11 is 3.15. The van der Waals surface area contributed by atoms with Crippen LogP contribution >= 0.6 is 15.9 Å². The molecule has 0 radical (unpaired) electrons. The maximum Gasteiger partial charge on any atom is 0.356 e. The molecule has 0 bridgehead atoms. The minimum Gasteiger partial charge on any atom is -0.464 e. The third kappa shape index (κ3) is 2.51. The van der Waals surface area contributed by atoms with Crippen LogP contribution in [0.15, 0.2) is 45.9 Å². The molecule has 0 unspecified atom stereocenters. The minimum atomic E-state index is -3.83. The van der Waals surface area contributed by atoms with Gasteiger partial charge in [-0.1, -0.05) is 17.7 Å². The molecule has 0 aliphatic heterocycles. The van der Waals surface area contributed by atoms with Gasteiger partial charge in [-0.2, -0.15) is 0 Å². The number of carbonyl (C=O) groups excluding carboxylic acids is 1. The molecule has 2 aromatic rings.